The second-order valence-electron chi connectivity index (χ2n) is 5.54. The van der Waals surface area contributed by atoms with E-state index in [9.17, 15) is 4.79 Å². The Bertz CT molecular complexity index is 550. The van der Waals surface area contributed by atoms with Gasteiger partial charge < -0.3 is 9.80 Å². The lowest BCUT2D eigenvalue weighted by atomic mass is 10.1. The summed E-state index contributed by atoms with van der Waals surface area (Å²) < 4.78 is 0. The summed E-state index contributed by atoms with van der Waals surface area (Å²) in [6, 6.07) is 0.250. The zero-order valence-corrected chi connectivity index (χ0v) is 12.6. The summed E-state index contributed by atoms with van der Waals surface area (Å²) in [4.78, 5) is 26.9. The summed E-state index contributed by atoms with van der Waals surface area (Å²) in [5, 5.41) is 0.219. The van der Waals surface area contributed by atoms with Gasteiger partial charge >= 0.3 is 0 Å². The van der Waals surface area contributed by atoms with Gasteiger partial charge in [-0.2, -0.15) is 4.98 Å². The van der Waals surface area contributed by atoms with E-state index in [1.165, 1.54) is 0 Å². The molecule has 0 aromatic carbocycles. The van der Waals surface area contributed by atoms with Gasteiger partial charge in [0.25, 0.3) is 5.91 Å². The molecule has 7 heteroatoms. The molecule has 3 heterocycles. The molecular weight excluding hydrogens is 278 g/mol. The van der Waals surface area contributed by atoms with Gasteiger partial charge in [-0.05, 0) is 25.4 Å². The topological polar surface area (TPSA) is 52.6 Å². The molecule has 1 amide bonds. The number of rotatable bonds is 1. The number of nitrogens with zero attached hydrogens (tertiary/aromatic N) is 5. The normalized spacial score (nSPS) is 23.1. The second-order valence-corrected chi connectivity index (χ2v) is 5.88. The molecule has 0 radical (unpaired) electrons. The predicted molar refractivity (Wildman–Crippen MR) is 78.3 cm³/mol. The Balaban J connectivity index is 1.99. The van der Waals surface area contributed by atoms with Crippen molar-refractivity contribution in [2.24, 2.45) is 0 Å². The van der Waals surface area contributed by atoms with E-state index in [2.05, 4.69) is 33.6 Å². The average Bonchev–Trinajstić information content (AvgIpc) is 2.44. The second kappa shape index (κ2) is 4.86. The van der Waals surface area contributed by atoms with Crippen molar-refractivity contribution >= 4 is 29.0 Å². The molecule has 0 unspecified atom stereocenters. The van der Waals surface area contributed by atoms with Gasteiger partial charge in [0.05, 0.1) is 6.20 Å². The molecule has 0 bridgehead atoms. The fraction of sp³-hybridized carbons (Fsp3) is 0.615. The number of likely N-dealkylation sites (N-methyl/N-ethyl adjacent to an activating group) is 1. The molecular formula is C13H18ClN5O. The number of hydrogen-bond donors (Lipinski definition) is 0. The van der Waals surface area contributed by atoms with Crippen LogP contribution in [0.1, 0.15) is 13.8 Å². The van der Waals surface area contributed by atoms with Crippen molar-refractivity contribution in [3.05, 3.63) is 11.5 Å². The number of carbonyl (C=O) groups is 1. The van der Waals surface area contributed by atoms with Crippen molar-refractivity contribution in [3.8, 4) is 0 Å². The first-order valence-corrected chi connectivity index (χ1v) is 7.17. The van der Waals surface area contributed by atoms with Crippen LogP contribution in [0.4, 0.5) is 11.5 Å². The van der Waals surface area contributed by atoms with Gasteiger partial charge in [-0.25, -0.2) is 4.98 Å². The van der Waals surface area contributed by atoms with E-state index >= 15 is 0 Å². The third-order valence-electron chi connectivity index (χ3n) is 4.11. The van der Waals surface area contributed by atoms with Crippen LogP contribution in [0.15, 0.2) is 6.20 Å². The van der Waals surface area contributed by atoms with Gasteiger partial charge in [0, 0.05) is 32.7 Å². The highest BCUT2D eigenvalue weighted by atomic mass is 35.5. The van der Waals surface area contributed by atoms with Crippen LogP contribution >= 0.6 is 11.6 Å². The number of aromatic nitrogens is 2. The first-order chi connectivity index (χ1) is 9.49. The van der Waals surface area contributed by atoms with Crippen LogP contribution in [0, 0.1) is 0 Å². The number of carbonyl (C=O) groups excluding carboxylic acids is 1. The van der Waals surface area contributed by atoms with Crippen LogP contribution in [0.5, 0.6) is 0 Å². The lowest BCUT2D eigenvalue weighted by molar-refractivity contribution is -0.121. The summed E-state index contributed by atoms with van der Waals surface area (Å²) in [7, 11) is 1.77. The van der Waals surface area contributed by atoms with Gasteiger partial charge in [-0.1, -0.05) is 0 Å². The maximum absolute atomic E-state index is 12.5. The molecule has 2 aliphatic heterocycles. The monoisotopic (exact) mass is 295 g/mol. The summed E-state index contributed by atoms with van der Waals surface area (Å²) in [6.45, 7) is 6.73. The van der Waals surface area contributed by atoms with Crippen LogP contribution in [-0.2, 0) is 4.79 Å². The van der Waals surface area contributed by atoms with Crippen LogP contribution in [0.3, 0.4) is 0 Å². The molecule has 0 spiro atoms. The molecule has 1 fully saturated rings. The van der Waals surface area contributed by atoms with E-state index in [0.717, 1.165) is 31.1 Å². The van der Waals surface area contributed by atoms with Gasteiger partial charge in [0.15, 0.2) is 5.82 Å². The molecule has 108 valence electrons. The fourth-order valence-corrected chi connectivity index (χ4v) is 3.00. The highest BCUT2D eigenvalue weighted by Gasteiger charge is 2.41. The van der Waals surface area contributed by atoms with Gasteiger partial charge in [0.2, 0.25) is 5.28 Å². The Morgan fingerprint density at radius 2 is 2.15 bits per heavy atom. The molecule has 1 atom stereocenters. The Kier molecular flexibility index (Phi) is 3.30. The minimum absolute atomic E-state index is 0.0915. The number of fused-ring (bicyclic) bond motifs is 3. The van der Waals surface area contributed by atoms with Crippen molar-refractivity contribution in [2.75, 3.05) is 36.5 Å². The minimum Gasteiger partial charge on any atom is -0.340 e. The van der Waals surface area contributed by atoms with E-state index in [0.29, 0.717) is 6.04 Å². The highest BCUT2D eigenvalue weighted by Crippen LogP contribution is 2.35. The Morgan fingerprint density at radius 1 is 1.40 bits per heavy atom. The number of halogens is 1. The molecule has 6 nitrogen and oxygen atoms in total. The molecule has 0 aliphatic carbocycles. The molecule has 0 saturated carbocycles. The summed E-state index contributed by atoms with van der Waals surface area (Å²) in [6.07, 6.45) is 1.62. The van der Waals surface area contributed by atoms with Crippen molar-refractivity contribution in [1.82, 2.24) is 14.9 Å². The maximum atomic E-state index is 12.5. The molecule has 20 heavy (non-hydrogen) atoms. The lowest BCUT2D eigenvalue weighted by Crippen LogP contribution is -2.63. The van der Waals surface area contributed by atoms with E-state index < -0.39 is 0 Å². The first kappa shape index (κ1) is 13.6. The summed E-state index contributed by atoms with van der Waals surface area (Å²) >= 11 is 5.91. The van der Waals surface area contributed by atoms with Crippen LogP contribution in [0.2, 0.25) is 5.28 Å². The largest absolute Gasteiger partial charge is 0.340 e. The van der Waals surface area contributed by atoms with Crippen molar-refractivity contribution < 1.29 is 4.79 Å². The third-order valence-corrected chi connectivity index (χ3v) is 4.29. The summed E-state index contributed by atoms with van der Waals surface area (Å²) in [5.41, 5.74) is 0.730. The quantitative estimate of drug-likeness (QED) is 0.724. The predicted octanol–water partition coefficient (Wildman–Crippen LogP) is 1.01. The number of piperazine rings is 1. The molecule has 3 rings (SSSR count). The van der Waals surface area contributed by atoms with Crippen molar-refractivity contribution in [1.29, 1.82) is 0 Å². The summed E-state index contributed by atoms with van der Waals surface area (Å²) in [5.74, 6) is 0.856. The Hall–Kier alpha value is -1.40. The van der Waals surface area contributed by atoms with Gasteiger partial charge in [-0.3, -0.25) is 9.69 Å². The number of amides is 1. The Labute approximate surface area is 123 Å². The van der Waals surface area contributed by atoms with Crippen molar-refractivity contribution in [3.63, 3.8) is 0 Å². The van der Waals surface area contributed by atoms with Crippen molar-refractivity contribution in [2.45, 2.75) is 25.9 Å². The number of anilines is 2. The fourth-order valence-electron chi connectivity index (χ4n) is 2.87. The highest BCUT2D eigenvalue weighted by molar-refractivity contribution is 6.28. The standard InChI is InChI=1S/C13H18ClN5O/c1-8(2)18-4-5-19-10(7-18)12(20)17(3)9-6-15-13(14)16-11(9)19/h6,8,10H,4-5,7H2,1-3H3/t10-/m1/s1. The molecule has 1 saturated heterocycles. The van der Waals surface area contributed by atoms with E-state index in [4.69, 9.17) is 11.6 Å². The van der Waals surface area contributed by atoms with Gasteiger partial charge in [0.1, 0.15) is 11.7 Å². The van der Waals surface area contributed by atoms with E-state index in [-0.39, 0.29) is 17.2 Å². The minimum atomic E-state index is -0.186. The molecule has 0 N–H and O–H groups in total. The van der Waals surface area contributed by atoms with E-state index in [1.54, 1.807) is 18.1 Å². The average molecular weight is 296 g/mol. The molecule has 1 aromatic heterocycles. The SMILES string of the molecule is CC(C)N1CCN2c3nc(Cl)ncc3N(C)C(=O)[C@H]2C1. The van der Waals surface area contributed by atoms with Crippen LogP contribution in [0.25, 0.3) is 0 Å². The van der Waals surface area contributed by atoms with Gasteiger partial charge in [-0.15, -0.1) is 0 Å². The third kappa shape index (κ3) is 2.03. The lowest BCUT2D eigenvalue weighted by Gasteiger charge is -2.47. The van der Waals surface area contributed by atoms with E-state index in [1.807, 2.05) is 0 Å². The maximum Gasteiger partial charge on any atom is 0.250 e. The molecule has 1 aromatic rings. The van der Waals surface area contributed by atoms with Crippen LogP contribution < -0.4 is 9.80 Å². The zero-order chi connectivity index (χ0) is 14.4. The smallest absolute Gasteiger partial charge is 0.250 e. The zero-order valence-electron chi connectivity index (χ0n) is 11.9. The molecule has 2 aliphatic rings. The number of hydrogen-bond acceptors (Lipinski definition) is 5. The Morgan fingerprint density at radius 3 is 2.85 bits per heavy atom. The van der Waals surface area contributed by atoms with Crippen LogP contribution in [-0.4, -0.2) is 59.5 Å². The first-order valence-electron chi connectivity index (χ1n) is 6.80.